The lowest BCUT2D eigenvalue weighted by molar-refractivity contribution is 0.229. The Bertz CT molecular complexity index is 798. The standard InChI is InChI=1S/C16H17N5O/c1-11-7-10-21(19-11)13-5-3-12(4-6-13)14-18-15(20-22-14)16(17)8-2-9-16/h3-7,10H,2,8-9,17H2,1H3. The number of hydrogen-bond donors (Lipinski definition) is 1. The van der Waals surface area contributed by atoms with Gasteiger partial charge in [-0.3, -0.25) is 0 Å². The Morgan fingerprint density at radius 2 is 1.95 bits per heavy atom. The third-order valence-electron chi connectivity index (χ3n) is 4.22. The van der Waals surface area contributed by atoms with E-state index in [9.17, 15) is 0 Å². The largest absolute Gasteiger partial charge is 0.334 e. The normalized spacial score (nSPS) is 16.5. The number of aryl methyl sites for hydroxylation is 1. The summed E-state index contributed by atoms with van der Waals surface area (Å²) in [5, 5.41) is 8.43. The van der Waals surface area contributed by atoms with Crippen molar-refractivity contribution in [2.24, 2.45) is 5.73 Å². The molecule has 1 aromatic carbocycles. The molecule has 6 nitrogen and oxygen atoms in total. The average Bonchev–Trinajstić information content (AvgIpc) is 3.14. The molecule has 4 rings (SSSR count). The van der Waals surface area contributed by atoms with Gasteiger partial charge in [-0.1, -0.05) is 5.16 Å². The van der Waals surface area contributed by atoms with Crippen molar-refractivity contribution < 1.29 is 4.52 Å². The zero-order chi connectivity index (χ0) is 15.2. The van der Waals surface area contributed by atoms with Crippen LogP contribution in [0.1, 0.15) is 30.8 Å². The summed E-state index contributed by atoms with van der Waals surface area (Å²) in [6.07, 6.45) is 4.90. The van der Waals surface area contributed by atoms with Gasteiger partial charge in [0.05, 0.1) is 16.9 Å². The zero-order valence-electron chi connectivity index (χ0n) is 12.4. The molecule has 0 spiro atoms. The molecule has 3 aromatic rings. The van der Waals surface area contributed by atoms with E-state index in [1.54, 1.807) is 0 Å². The topological polar surface area (TPSA) is 82.8 Å². The number of benzene rings is 1. The van der Waals surface area contributed by atoms with Crippen LogP contribution in [0.4, 0.5) is 0 Å². The Labute approximate surface area is 127 Å². The van der Waals surface area contributed by atoms with Gasteiger partial charge in [0.2, 0.25) is 0 Å². The molecule has 0 bridgehead atoms. The van der Waals surface area contributed by atoms with Crippen molar-refractivity contribution in [3.05, 3.63) is 48.0 Å². The molecular formula is C16H17N5O. The highest BCUT2D eigenvalue weighted by Gasteiger charge is 2.39. The number of hydrogen-bond acceptors (Lipinski definition) is 5. The van der Waals surface area contributed by atoms with Crippen LogP contribution in [-0.4, -0.2) is 19.9 Å². The molecule has 2 N–H and O–H groups in total. The second kappa shape index (κ2) is 4.78. The van der Waals surface area contributed by atoms with Crippen molar-refractivity contribution in [2.75, 3.05) is 0 Å². The Morgan fingerprint density at radius 1 is 1.18 bits per heavy atom. The van der Waals surface area contributed by atoms with Gasteiger partial charge in [0, 0.05) is 11.8 Å². The average molecular weight is 295 g/mol. The molecule has 1 aliphatic rings. The summed E-state index contributed by atoms with van der Waals surface area (Å²) in [4.78, 5) is 4.46. The Morgan fingerprint density at radius 3 is 2.55 bits per heavy atom. The molecule has 6 heteroatoms. The van der Waals surface area contributed by atoms with Gasteiger partial charge >= 0.3 is 0 Å². The summed E-state index contributed by atoms with van der Waals surface area (Å²) in [7, 11) is 0. The molecule has 0 radical (unpaired) electrons. The van der Waals surface area contributed by atoms with Gasteiger partial charge in [-0.25, -0.2) is 4.68 Å². The lowest BCUT2D eigenvalue weighted by Crippen LogP contribution is -2.44. The van der Waals surface area contributed by atoms with Gasteiger partial charge in [-0.15, -0.1) is 0 Å². The van der Waals surface area contributed by atoms with E-state index in [0.717, 1.165) is 36.2 Å². The van der Waals surface area contributed by atoms with Crippen molar-refractivity contribution in [3.63, 3.8) is 0 Å². The molecule has 112 valence electrons. The fraction of sp³-hybridized carbons (Fsp3) is 0.312. The van der Waals surface area contributed by atoms with E-state index in [-0.39, 0.29) is 0 Å². The van der Waals surface area contributed by atoms with Gasteiger partial charge in [0.15, 0.2) is 5.82 Å². The number of nitrogens with two attached hydrogens (primary N) is 1. The first-order chi connectivity index (χ1) is 10.6. The molecule has 1 aliphatic carbocycles. The first-order valence-electron chi connectivity index (χ1n) is 7.40. The third-order valence-corrected chi connectivity index (χ3v) is 4.22. The molecule has 1 fully saturated rings. The molecule has 0 atom stereocenters. The van der Waals surface area contributed by atoms with Crippen LogP contribution in [0.5, 0.6) is 0 Å². The smallest absolute Gasteiger partial charge is 0.257 e. The monoisotopic (exact) mass is 295 g/mol. The SMILES string of the molecule is Cc1ccn(-c2ccc(-c3nc(C4(N)CCC4)no3)cc2)n1. The minimum Gasteiger partial charge on any atom is -0.334 e. The predicted molar refractivity (Wildman–Crippen MR) is 81.3 cm³/mol. The first kappa shape index (κ1) is 13.2. The Kier molecular flexibility index (Phi) is 2.87. The minimum atomic E-state index is -0.395. The summed E-state index contributed by atoms with van der Waals surface area (Å²) in [5.41, 5.74) is 8.69. The van der Waals surface area contributed by atoms with Gasteiger partial charge < -0.3 is 10.3 Å². The van der Waals surface area contributed by atoms with Gasteiger partial charge in [0.1, 0.15) is 0 Å². The van der Waals surface area contributed by atoms with Crippen molar-refractivity contribution >= 4 is 0 Å². The summed E-state index contributed by atoms with van der Waals surface area (Å²) in [6.45, 7) is 1.97. The molecule has 0 amide bonds. The van der Waals surface area contributed by atoms with E-state index >= 15 is 0 Å². The fourth-order valence-corrected chi connectivity index (χ4v) is 2.64. The van der Waals surface area contributed by atoms with Crippen LogP contribution in [-0.2, 0) is 5.54 Å². The van der Waals surface area contributed by atoms with Crippen LogP contribution in [0.15, 0.2) is 41.1 Å². The minimum absolute atomic E-state index is 0.395. The van der Waals surface area contributed by atoms with Crippen LogP contribution in [0.25, 0.3) is 17.1 Å². The molecule has 1 saturated carbocycles. The lowest BCUT2D eigenvalue weighted by atomic mass is 9.77. The van der Waals surface area contributed by atoms with E-state index in [1.807, 2.05) is 48.1 Å². The van der Waals surface area contributed by atoms with Crippen molar-refractivity contribution in [1.82, 2.24) is 19.9 Å². The molecule has 2 aromatic heterocycles. The molecule has 0 unspecified atom stereocenters. The predicted octanol–water partition coefficient (Wildman–Crippen LogP) is 2.57. The maximum absolute atomic E-state index is 6.22. The van der Waals surface area contributed by atoms with Crippen molar-refractivity contribution in [1.29, 1.82) is 0 Å². The van der Waals surface area contributed by atoms with E-state index in [2.05, 4.69) is 15.2 Å². The highest BCUT2D eigenvalue weighted by atomic mass is 16.5. The van der Waals surface area contributed by atoms with Crippen LogP contribution in [0.2, 0.25) is 0 Å². The van der Waals surface area contributed by atoms with Crippen molar-refractivity contribution in [2.45, 2.75) is 31.7 Å². The number of nitrogens with zero attached hydrogens (tertiary/aromatic N) is 4. The van der Waals surface area contributed by atoms with E-state index in [0.29, 0.717) is 11.7 Å². The summed E-state index contributed by atoms with van der Waals surface area (Å²) < 4.78 is 7.19. The van der Waals surface area contributed by atoms with Gasteiger partial charge in [-0.2, -0.15) is 10.1 Å². The van der Waals surface area contributed by atoms with Crippen molar-refractivity contribution in [3.8, 4) is 17.1 Å². The molecule has 0 aliphatic heterocycles. The van der Waals surface area contributed by atoms with Gasteiger partial charge in [0.25, 0.3) is 5.89 Å². The van der Waals surface area contributed by atoms with E-state index in [4.69, 9.17) is 10.3 Å². The highest BCUT2D eigenvalue weighted by Crippen LogP contribution is 2.37. The Hall–Kier alpha value is -2.47. The second-order valence-electron chi connectivity index (χ2n) is 5.88. The van der Waals surface area contributed by atoms with E-state index in [1.165, 1.54) is 0 Å². The molecule has 0 saturated heterocycles. The maximum Gasteiger partial charge on any atom is 0.257 e. The lowest BCUT2D eigenvalue weighted by Gasteiger charge is -2.34. The summed E-state index contributed by atoms with van der Waals surface area (Å²) in [5.74, 6) is 1.12. The third kappa shape index (κ3) is 2.12. The zero-order valence-corrected chi connectivity index (χ0v) is 12.4. The van der Waals surface area contributed by atoms with Gasteiger partial charge in [-0.05, 0) is 56.5 Å². The molecule has 2 heterocycles. The quantitative estimate of drug-likeness (QED) is 0.803. The molecule has 22 heavy (non-hydrogen) atoms. The Balaban J connectivity index is 1.61. The summed E-state index contributed by atoms with van der Waals surface area (Å²) in [6, 6.07) is 9.83. The van der Waals surface area contributed by atoms with Crippen LogP contribution < -0.4 is 5.73 Å². The van der Waals surface area contributed by atoms with Crippen LogP contribution >= 0.6 is 0 Å². The van der Waals surface area contributed by atoms with E-state index < -0.39 is 5.54 Å². The first-order valence-corrected chi connectivity index (χ1v) is 7.40. The molecular weight excluding hydrogens is 278 g/mol. The number of aromatic nitrogens is 4. The fourth-order valence-electron chi connectivity index (χ4n) is 2.64. The van der Waals surface area contributed by atoms with Crippen LogP contribution in [0, 0.1) is 6.92 Å². The van der Waals surface area contributed by atoms with Crippen LogP contribution in [0.3, 0.4) is 0 Å². The maximum atomic E-state index is 6.22. The number of rotatable bonds is 3. The summed E-state index contributed by atoms with van der Waals surface area (Å²) >= 11 is 0. The second-order valence-corrected chi connectivity index (χ2v) is 5.88. The highest BCUT2D eigenvalue weighted by molar-refractivity contribution is 5.55.